The van der Waals surface area contributed by atoms with Crippen LogP contribution in [-0.2, 0) is 0 Å². The van der Waals surface area contributed by atoms with Crippen LogP contribution >= 0.6 is 34.5 Å². The Morgan fingerprint density at radius 1 is 1.29 bits per heavy atom. The first-order valence-electron chi connectivity index (χ1n) is 6.03. The number of anilines is 1. The normalized spacial score (nSPS) is 11.0. The average molecular weight is 342 g/mol. The van der Waals surface area contributed by atoms with E-state index >= 15 is 0 Å². The van der Waals surface area contributed by atoms with E-state index in [1.54, 1.807) is 12.1 Å². The Morgan fingerprint density at radius 2 is 2.05 bits per heavy atom. The molecule has 0 unspecified atom stereocenters. The standard InChI is InChI=1S/C14H10Cl2FN3S/c1-6-5-21-13(11(6)16)12-10(14(18)20-19-12)9-7(15)3-2-4-8(9)17/h2-5H,1H3,(H3,18,19,20). The molecule has 108 valence electrons. The molecule has 2 heterocycles. The number of aromatic amines is 1. The maximum absolute atomic E-state index is 14.2. The maximum Gasteiger partial charge on any atom is 0.153 e. The second-order valence-corrected chi connectivity index (χ2v) is 6.18. The van der Waals surface area contributed by atoms with Gasteiger partial charge in [-0.2, -0.15) is 5.10 Å². The number of rotatable bonds is 2. The van der Waals surface area contributed by atoms with Crippen LogP contribution in [0.5, 0.6) is 0 Å². The third-order valence-corrected chi connectivity index (χ3v) is 5.16. The number of aryl methyl sites for hydroxylation is 1. The van der Waals surface area contributed by atoms with Crippen molar-refractivity contribution < 1.29 is 4.39 Å². The fraction of sp³-hybridized carbons (Fsp3) is 0.0714. The van der Waals surface area contributed by atoms with Crippen molar-refractivity contribution in [3.63, 3.8) is 0 Å². The quantitative estimate of drug-likeness (QED) is 0.677. The number of benzene rings is 1. The third kappa shape index (κ3) is 2.31. The third-order valence-electron chi connectivity index (χ3n) is 3.13. The maximum atomic E-state index is 14.2. The molecule has 0 bridgehead atoms. The molecule has 0 radical (unpaired) electrons. The molecule has 7 heteroatoms. The minimum absolute atomic E-state index is 0.180. The predicted octanol–water partition coefficient (Wildman–Crippen LogP) is 5.14. The summed E-state index contributed by atoms with van der Waals surface area (Å²) >= 11 is 13.9. The molecule has 0 spiro atoms. The summed E-state index contributed by atoms with van der Waals surface area (Å²) in [6.07, 6.45) is 0. The summed E-state index contributed by atoms with van der Waals surface area (Å²) in [6, 6.07) is 4.48. The van der Waals surface area contributed by atoms with Gasteiger partial charge in [0.25, 0.3) is 0 Å². The van der Waals surface area contributed by atoms with Crippen molar-refractivity contribution in [2.45, 2.75) is 6.92 Å². The minimum Gasteiger partial charge on any atom is -0.382 e. The highest BCUT2D eigenvalue weighted by Gasteiger charge is 2.23. The van der Waals surface area contributed by atoms with Crippen LogP contribution in [-0.4, -0.2) is 10.2 Å². The van der Waals surface area contributed by atoms with Crippen molar-refractivity contribution in [1.82, 2.24) is 10.2 Å². The minimum atomic E-state index is -0.457. The van der Waals surface area contributed by atoms with Gasteiger partial charge in [0, 0.05) is 5.56 Å². The van der Waals surface area contributed by atoms with Crippen molar-refractivity contribution in [3.8, 4) is 21.7 Å². The van der Waals surface area contributed by atoms with Gasteiger partial charge in [-0.05, 0) is 30.0 Å². The predicted molar refractivity (Wildman–Crippen MR) is 86.5 cm³/mol. The summed E-state index contributed by atoms with van der Waals surface area (Å²) in [6.45, 7) is 1.90. The molecule has 0 aliphatic rings. The zero-order valence-corrected chi connectivity index (χ0v) is 13.2. The number of nitrogens with one attached hydrogen (secondary N) is 1. The van der Waals surface area contributed by atoms with Gasteiger partial charge in [-0.3, -0.25) is 5.10 Å². The number of aromatic nitrogens is 2. The first-order chi connectivity index (χ1) is 10.0. The lowest BCUT2D eigenvalue weighted by Gasteiger charge is -2.07. The zero-order valence-electron chi connectivity index (χ0n) is 10.9. The van der Waals surface area contributed by atoms with Crippen LogP contribution in [0.2, 0.25) is 10.0 Å². The average Bonchev–Trinajstić information content (AvgIpc) is 2.95. The Hall–Kier alpha value is -1.56. The summed E-state index contributed by atoms with van der Waals surface area (Å²) in [7, 11) is 0. The molecular formula is C14H10Cl2FN3S. The van der Waals surface area contributed by atoms with Crippen LogP contribution in [0.15, 0.2) is 23.6 Å². The molecule has 21 heavy (non-hydrogen) atoms. The van der Waals surface area contributed by atoms with Gasteiger partial charge in [-0.15, -0.1) is 11.3 Å². The summed E-state index contributed by atoms with van der Waals surface area (Å²) in [5, 5.41) is 9.59. The number of nitrogens with zero attached hydrogens (tertiary/aromatic N) is 1. The van der Waals surface area contributed by atoms with E-state index in [1.807, 2.05) is 12.3 Å². The van der Waals surface area contributed by atoms with Crippen LogP contribution < -0.4 is 5.73 Å². The number of hydrogen-bond acceptors (Lipinski definition) is 3. The Kier molecular flexibility index (Phi) is 3.65. The molecular weight excluding hydrogens is 332 g/mol. The molecule has 0 saturated heterocycles. The highest BCUT2D eigenvalue weighted by molar-refractivity contribution is 7.14. The van der Waals surface area contributed by atoms with Crippen molar-refractivity contribution in [2.75, 3.05) is 5.73 Å². The number of H-pyrrole nitrogens is 1. The monoisotopic (exact) mass is 341 g/mol. The van der Waals surface area contributed by atoms with Crippen LogP contribution in [0.3, 0.4) is 0 Å². The fourth-order valence-corrected chi connectivity index (χ4v) is 3.66. The second kappa shape index (κ2) is 5.33. The lowest BCUT2D eigenvalue weighted by Crippen LogP contribution is -1.92. The molecule has 0 aliphatic heterocycles. The van der Waals surface area contributed by atoms with Gasteiger partial charge in [-0.1, -0.05) is 29.3 Å². The molecule has 3 nitrogen and oxygen atoms in total. The van der Waals surface area contributed by atoms with Crippen LogP contribution in [0.1, 0.15) is 5.56 Å². The molecule has 0 saturated carbocycles. The lowest BCUT2D eigenvalue weighted by molar-refractivity contribution is 0.631. The SMILES string of the molecule is Cc1csc(-c2[nH]nc(N)c2-c2c(F)cccc2Cl)c1Cl. The van der Waals surface area contributed by atoms with E-state index in [2.05, 4.69) is 10.2 Å². The van der Waals surface area contributed by atoms with Gasteiger partial charge in [0.1, 0.15) is 5.82 Å². The van der Waals surface area contributed by atoms with Gasteiger partial charge < -0.3 is 5.73 Å². The van der Waals surface area contributed by atoms with Crippen molar-refractivity contribution in [2.24, 2.45) is 0 Å². The largest absolute Gasteiger partial charge is 0.382 e. The van der Waals surface area contributed by atoms with E-state index < -0.39 is 5.82 Å². The van der Waals surface area contributed by atoms with Gasteiger partial charge in [-0.25, -0.2) is 4.39 Å². The molecule has 0 aliphatic carbocycles. The number of thiophene rings is 1. The molecule has 3 N–H and O–H groups in total. The fourth-order valence-electron chi connectivity index (χ4n) is 2.11. The van der Waals surface area contributed by atoms with Crippen LogP contribution in [0.25, 0.3) is 21.7 Å². The molecule has 3 aromatic rings. The van der Waals surface area contributed by atoms with Crippen LogP contribution in [0.4, 0.5) is 10.2 Å². The molecule has 0 atom stereocenters. The summed E-state index contributed by atoms with van der Waals surface area (Å²) in [5.41, 5.74) is 8.07. The number of halogens is 3. The highest BCUT2D eigenvalue weighted by atomic mass is 35.5. The molecule has 3 rings (SSSR count). The first-order valence-corrected chi connectivity index (χ1v) is 7.66. The molecule has 0 amide bonds. The number of nitrogen functional groups attached to an aromatic ring is 1. The smallest absolute Gasteiger partial charge is 0.153 e. The lowest BCUT2D eigenvalue weighted by atomic mass is 10.0. The Morgan fingerprint density at radius 3 is 2.67 bits per heavy atom. The van der Waals surface area contributed by atoms with E-state index in [0.717, 1.165) is 10.4 Å². The molecule has 0 fully saturated rings. The van der Waals surface area contributed by atoms with E-state index in [0.29, 0.717) is 16.3 Å². The van der Waals surface area contributed by atoms with E-state index in [1.165, 1.54) is 17.4 Å². The van der Waals surface area contributed by atoms with Gasteiger partial charge >= 0.3 is 0 Å². The Labute approximate surface area is 134 Å². The topological polar surface area (TPSA) is 54.7 Å². The van der Waals surface area contributed by atoms with E-state index in [9.17, 15) is 4.39 Å². The van der Waals surface area contributed by atoms with Crippen LogP contribution in [0, 0.1) is 12.7 Å². The Bertz CT molecular complexity index is 805. The van der Waals surface area contributed by atoms with Crippen molar-refractivity contribution in [1.29, 1.82) is 0 Å². The number of nitrogens with two attached hydrogens (primary N) is 1. The zero-order chi connectivity index (χ0) is 15.1. The highest BCUT2D eigenvalue weighted by Crippen LogP contribution is 2.44. The van der Waals surface area contributed by atoms with Crippen molar-refractivity contribution >= 4 is 40.4 Å². The van der Waals surface area contributed by atoms with Crippen molar-refractivity contribution in [3.05, 3.63) is 45.0 Å². The van der Waals surface area contributed by atoms with Gasteiger partial charge in [0.2, 0.25) is 0 Å². The van der Waals surface area contributed by atoms with E-state index in [4.69, 9.17) is 28.9 Å². The summed E-state index contributed by atoms with van der Waals surface area (Å²) in [4.78, 5) is 0.757. The Balaban J connectivity index is 2.30. The van der Waals surface area contributed by atoms with Gasteiger partial charge in [0.15, 0.2) is 5.82 Å². The molecule has 1 aromatic carbocycles. The molecule has 2 aromatic heterocycles. The van der Waals surface area contributed by atoms with Gasteiger partial charge in [0.05, 0.1) is 26.2 Å². The summed E-state index contributed by atoms with van der Waals surface area (Å²) < 4.78 is 14.2. The summed E-state index contributed by atoms with van der Waals surface area (Å²) in [5.74, 6) is -0.277. The van der Waals surface area contributed by atoms with E-state index in [-0.39, 0.29) is 16.4 Å². The number of hydrogen-bond donors (Lipinski definition) is 2. The first kappa shape index (κ1) is 14.4. The second-order valence-electron chi connectivity index (χ2n) is 4.52.